The highest BCUT2D eigenvalue weighted by atomic mass is 19.4. The molecule has 0 saturated carbocycles. The molecule has 1 aromatic heterocycles. The second-order valence-corrected chi connectivity index (χ2v) is 7.39. The molecule has 1 heterocycles. The van der Waals surface area contributed by atoms with Gasteiger partial charge in [0.2, 0.25) is 0 Å². The molecule has 0 radical (unpaired) electrons. The Morgan fingerprint density at radius 2 is 1.76 bits per heavy atom. The van der Waals surface area contributed by atoms with Crippen molar-refractivity contribution in [2.45, 2.75) is 39.6 Å². The van der Waals surface area contributed by atoms with Gasteiger partial charge >= 0.3 is 6.18 Å². The molecule has 0 saturated heterocycles. The molecule has 0 atom stereocenters. The number of aromatic nitrogens is 2. The van der Waals surface area contributed by atoms with E-state index in [0.717, 1.165) is 17.4 Å². The van der Waals surface area contributed by atoms with E-state index in [4.69, 9.17) is 9.47 Å². The van der Waals surface area contributed by atoms with Crippen molar-refractivity contribution >= 4 is 5.91 Å². The van der Waals surface area contributed by atoms with E-state index < -0.39 is 11.9 Å². The molecule has 0 bridgehead atoms. The number of carbonyl (C=O) groups excluding carboxylic acids is 1. The van der Waals surface area contributed by atoms with Crippen LogP contribution in [0.1, 0.15) is 40.7 Å². The second-order valence-electron chi connectivity index (χ2n) is 7.39. The van der Waals surface area contributed by atoms with Gasteiger partial charge in [0, 0.05) is 24.3 Å². The molecule has 0 unspecified atom stereocenters. The molecule has 3 rings (SSSR count). The van der Waals surface area contributed by atoms with E-state index in [0.29, 0.717) is 43.2 Å². The van der Waals surface area contributed by atoms with Crippen LogP contribution >= 0.6 is 0 Å². The summed E-state index contributed by atoms with van der Waals surface area (Å²) in [7, 11) is 0. The van der Waals surface area contributed by atoms with Crippen molar-refractivity contribution in [2.24, 2.45) is 0 Å². The summed E-state index contributed by atoms with van der Waals surface area (Å²) in [5.41, 5.74) is 0.836. The van der Waals surface area contributed by atoms with Gasteiger partial charge in [-0.25, -0.2) is 0 Å². The van der Waals surface area contributed by atoms with Crippen molar-refractivity contribution in [1.82, 2.24) is 15.1 Å². The maximum atomic E-state index is 12.7. The molecular formula is C24H26F3N3O3. The van der Waals surface area contributed by atoms with Gasteiger partial charge in [-0.2, -0.15) is 18.3 Å². The fourth-order valence-electron chi connectivity index (χ4n) is 3.18. The van der Waals surface area contributed by atoms with Crippen LogP contribution in [0.15, 0.2) is 54.6 Å². The van der Waals surface area contributed by atoms with Crippen molar-refractivity contribution in [1.29, 1.82) is 0 Å². The molecule has 0 spiro atoms. The van der Waals surface area contributed by atoms with Crippen molar-refractivity contribution in [2.75, 3.05) is 13.2 Å². The number of amides is 1. The Labute approximate surface area is 190 Å². The van der Waals surface area contributed by atoms with Crippen LogP contribution in [-0.4, -0.2) is 28.8 Å². The van der Waals surface area contributed by atoms with E-state index in [9.17, 15) is 18.0 Å². The van der Waals surface area contributed by atoms with E-state index in [1.54, 1.807) is 25.1 Å². The Morgan fingerprint density at radius 3 is 2.39 bits per heavy atom. The normalized spacial score (nSPS) is 11.3. The Kier molecular flexibility index (Phi) is 7.97. The summed E-state index contributed by atoms with van der Waals surface area (Å²) < 4.78 is 50.7. The zero-order valence-corrected chi connectivity index (χ0v) is 18.5. The average Bonchev–Trinajstić information content (AvgIpc) is 3.17. The van der Waals surface area contributed by atoms with Crippen molar-refractivity contribution < 1.29 is 27.4 Å². The molecule has 176 valence electrons. The summed E-state index contributed by atoms with van der Waals surface area (Å²) >= 11 is 0. The van der Waals surface area contributed by atoms with E-state index in [2.05, 4.69) is 10.4 Å². The molecule has 0 aliphatic carbocycles. The first kappa shape index (κ1) is 24.2. The van der Waals surface area contributed by atoms with Crippen LogP contribution in [0.25, 0.3) is 0 Å². The standard InChI is InChI=1S/C24H26F3N3O3/c1-3-32-20-8-10-21(11-9-20)33-16-18-6-4-7-19(15-18)23(31)28-12-5-13-30-17(2)14-22(29-30)24(25,26)27/h4,6-11,14-15H,3,5,12-13,16H2,1-2H3,(H,28,31). The van der Waals surface area contributed by atoms with Gasteiger partial charge in [0.05, 0.1) is 6.61 Å². The summed E-state index contributed by atoms with van der Waals surface area (Å²) in [5, 5.41) is 6.37. The van der Waals surface area contributed by atoms with E-state index in [1.807, 2.05) is 37.3 Å². The van der Waals surface area contributed by atoms with Gasteiger partial charge in [0.1, 0.15) is 18.1 Å². The average molecular weight is 461 g/mol. The maximum absolute atomic E-state index is 12.7. The van der Waals surface area contributed by atoms with Gasteiger partial charge in [0.25, 0.3) is 5.91 Å². The molecular weight excluding hydrogens is 435 g/mol. The molecule has 33 heavy (non-hydrogen) atoms. The number of benzene rings is 2. The van der Waals surface area contributed by atoms with Crippen LogP contribution in [0.3, 0.4) is 0 Å². The molecule has 0 fully saturated rings. The number of nitrogens with zero attached hydrogens (tertiary/aromatic N) is 2. The largest absolute Gasteiger partial charge is 0.494 e. The lowest BCUT2D eigenvalue weighted by Crippen LogP contribution is -2.25. The SMILES string of the molecule is CCOc1ccc(OCc2cccc(C(=O)NCCCn3nc(C(F)(F)F)cc3C)c2)cc1. The first-order chi connectivity index (χ1) is 15.8. The summed E-state index contributed by atoms with van der Waals surface area (Å²) in [6.07, 6.45) is -4.02. The highest BCUT2D eigenvalue weighted by Gasteiger charge is 2.34. The third-order valence-corrected chi connectivity index (χ3v) is 4.83. The van der Waals surface area contributed by atoms with Gasteiger partial charge in [-0.1, -0.05) is 12.1 Å². The molecule has 3 aromatic rings. The molecule has 0 aliphatic rings. The number of carbonyl (C=O) groups is 1. The maximum Gasteiger partial charge on any atom is 0.435 e. The second kappa shape index (κ2) is 10.9. The van der Waals surface area contributed by atoms with Gasteiger partial charge in [-0.15, -0.1) is 0 Å². The number of rotatable bonds is 10. The lowest BCUT2D eigenvalue weighted by atomic mass is 10.1. The topological polar surface area (TPSA) is 65.4 Å². The zero-order valence-electron chi connectivity index (χ0n) is 18.5. The minimum atomic E-state index is -4.47. The van der Waals surface area contributed by atoms with Gasteiger partial charge < -0.3 is 14.8 Å². The molecule has 0 aliphatic heterocycles. The zero-order chi connectivity index (χ0) is 23.8. The Morgan fingerprint density at radius 1 is 1.06 bits per heavy atom. The number of hydrogen-bond acceptors (Lipinski definition) is 4. The molecule has 9 heteroatoms. The number of alkyl halides is 3. The Hall–Kier alpha value is -3.49. The number of nitrogens with one attached hydrogen (secondary N) is 1. The third-order valence-electron chi connectivity index (χ3n) is 4.83. The van der Waals surface area contributed by atoms with Crippen LogP contribution in [-0.2, 0) is 19.3 Å². The first-order valence-corrected chi connectivity index (χ1v) is 10.6. The van der Waals surface area contributed by atoms with Gasteiger partial charge in [-0.3, -0.25) is 9.48 Å². The fraction of sp³-hybridized carbons (Fsp3) is 0.333. The predicted octanol–water partition coefficient (Wildman–Crippen LogP) is 5.01. The van der Waals surface area contributed by atoms with Crippen molar-refractivity contribution in [3.8, 4) is 11.5 Å². The molecule has 6 nitrogen and oxygen atoms in total. The first-order valence-electron chi connectivity index (χ1n) is 10.6. The smallest absolute Gasteiger partial charge is 0.435 e. The molecule has 2 aromatic carbocycles. The number of ether oxygens (including phenoxy) is 2. The minimum Gasteiger partial charge on any atom is -0.494 e. The van der Waals surface area contributed by atoms with E-state index in [1.165, 1.54) is 4.68 Å². The molecule has 1 N–H and O–H groups in total. The van der Waals surface area contributed by atoms with Crippen LogP contribution in [0.2, 0.25) is 0 Å². The van der Waals surface area contributed by atoms with E-state index in [-0.39, 0.29) is 12.5 Å². The summed E-state index contributed by atoms with van der Waals surface area (Å²) in [6.45, 7) is 4.97. The summed E-state index contributed by atoms with van der Waals surface area (Å²) in [6, 6.07) is 15.4. The molecule has 1 amide bonds. The summed E-state index contributed by atoms with van der Waals surface area (Å²) in [5.74, 6) is 1.20. The quantitative estimate of drug-likeness (QED) is 0.431. The monoisotopic (exact) mass is 461 g/mol. The number of aryl methyl sites for hydroxylation is 2. The van der Waals surface area contributed by atoms with E-state index >= 15 is 0 Å². The Bertz CT molecular complexity index is 1060. The minimum absolute atomic E-state index is 0.258. The van der Waals surface area contributed by atoms with Crippen molar-refractivity contribution in [3.05, 3.63) is 77.1 Å². The van der Waals surface area contributed by atoms with Gasteiger partial charge in [0.15, 0.2) is 5.69 Å². The van der Waals surface area contributed by atoms with Crippen LogP contribution < -0.4 is 14.8 Å². The summed E-state index contributed by atoms with van der Waals surface area (Å²) in [4.78, 5) is 12.4. The third kappa shape index (κ3) is 7.00. The lowest BCUT2D eigenvalue weighted by Gasteiger charge is -2.10. The highest BCUT2D eigenvalue weighted by Crippen LogP contribution is 2.28. The van der Waals surface area contributed by atoms with Crippen LogP contribution in [0, 0.1) is 6.92 Å². The lowest BCUT2D eigenvalue weighted by molar-refractivity contribution is -0.141. The van der Waals surface area contributed by atoms with Crippen LogP contribution in [0.4, 0.5) is 13.2 Å². The Balaban J connectivity index is 1.47. The van der Waals surface area contributed by atoms with Gasteiger partial charge in [-0.05, 0) is 68.3 Å². The van der Waals surface area contributed by atoms with Crippen molar-refractivity contribution in [3.63, 3.8) is 0 Å². The number of halogens is 3. The highest BCUT2D eigenvalue weighted by molar-refractivity contribution is 5.94. The predicted molar refractivity (Wildman–Crippen MR) is 117 cm³/mol. The fourth-order valence-corrected chi connectivity index (χ4v) is 3.18. The number of hydrogen-bond donors (Lipinski definition) is 1. The van der Waals surface area contributed by atoms with Crippen LogP contribution in [0.5, 0.6) is 11.5 Å².